The average molecular weight is 674 g/mol. The van der Waals surface area contributed by atoms with E-state index in [0.29, 0.717) is 23.8 Å². The normalized spacial score (nSPS) is 18.0. The van der Waals surface area contributed by atoms with E-state index in [1.54, 1.807) is 25.7 Å². The molecular weight excluding hydrogens is 639 g/mol. The molecule has 0 amide bonds. The summed E-state index contributed by atoms with van der Waals surface area (Å²) in [6.07, 6.45) is 10.4. The number of halogens is 1. The first kappa shape index (κ1) is 28.9. The van der Waals surface area contributed by atoms with Crippen LogP contribution < -0.4 is 25.6 Å². The van der Waals surface area contributed by atoms with Crippen molar-refractivity contribution >= 4 is 69.0 Å². The fourth-order valence-electron chi connectivity index (χ4n) is 6.36. The predicted molar refractivity (Wildman–Crippen MR) is 182 cm³/mol. The molecule has 226 valence electrons. The molecule has 2 atom stereocenters. The standard InChI is InChI=1S/C31H34BrN10OP/c1-40-16-20-10-19(40)17-42(20)26-12-27(43-3)25(11-21(26)18-13-36-41(2)15-18)38-31-35-14-22(32)30(39-31)37-24-7-6-23-28(29(24)44(4)5)34-9-8-33-23/h6-9,11-15,19-20H,10,16-17H2,1-5H3,(H2,35,37,38,39). The van der Waals surface area contributed by atoms with Gasteiger partial charge in [0.15, 0.2) is 0 Å². The Labute approximate surface area is 266 Å². The van der Waals surface area contributed by atoms with Crippen LogP contribution in [0.2, 0.25) is 0 Å². The number of aromatic nitrogens is 6. The van der Waals surface area contributed by atoms with Gasteiger partial charge in [-0.3, -0.25) is 19.5 Å². The summed E-state index contributed by atoms with van der Waals surface area (Å²) in [6, 6.07) is 9.33. The number of likely N-dealkylation sites (N-methyl/N-ethyl adjacent to an activating group) is 1. The van der Waals surface area contributed by atoms with E-state index in [-0.39, 0.29) is 0 Å². The van der Waals surface area contributed by atoms with Crippen molar-refractivity contribution in [2.75, 3.05) is 56.1 Å². The van der Waals surface area contributed by atoms with Crippen molar-refractivity contribution in [3.8, 4) is 16.9 Å². The van der Waals surface area contributed by atoms with Crippen molar-refractivity contribution in [1.82, 2.24) is 34.6 Å². The highest BCUT2D eigenvalue weighted by Gasteiger charge is 2.42. The van der Waals surface area contributed by atoms with Crippen LogP contribution >= 0.6 is 23.9 Å². The van der Waals surface area contributed by atoms with Gasteiger partial charge in [0, 0.05) is 90.9 Å². The zero-order valence-electron chi connectivity index (χ0n) is 25.3. The van der Waals surface area contributed by atoms with Gasteiger partial charge in [-0.2, -0.15) is 10.1 Å². The molecule has 0 radical (unpaired) electrons. The Morgan fingerprint density at radius 1 is 0.977 bits per heavy atom. The zero-order chi connectivity index (χ0) is 30.5. The molecule has 5 aromatic rings. The number of fused-ring (bicyclic) bond motifs is 3. The molecule has 3 aromatic heterocycles. The van der Waals surface area contributed by atoms with E-state index in [4.69, 9.17) is 9.72 Å². The highest BCUT2D eigenvalue weighted by atomic mass is 79.9. The second-order valence-corrected chi connectivity index (χ2v) is 14.6. The lowest BCUT2D eigenvalue weighted by Crippen LogP contribution is -2.44. The Morgan fingerprint density at radius 3 is 2.52 bits per heavy atom. The Kier molecular flexibility index (Phi) is 7.60. The van der Waals surface area contributed by atoms with Crippen LogP contribution in [0.3, 0.4) is 0 Å². The molecule has 7 rings (SSSR count). The minimum Gasteiger partial charge on any atom is -0.494 e. The van der Waals surface area contributed by atoms with Crippen molar-refractivity contribution in [3.05, 3.63) is 59.7 Å². The maximum atomic E-state index is 5.94. The number of nitrogens with one attached hydrogen (secondary N) is 2. The number of hydrogen-bond donors (Lipinski definition) is 2. The number of ether oxygens (including phenoxy) is 1. The van der Waals surface area contributed by atoms with Crippen LogP contribution in [0.15, 0.2) is 59.7 Å². The van der Waals surface area contributed by atoms with Gasteiger partial charge in [-0.1, -0.05) is 7.92 Å². The molecule has 13 heteroatoms. The molecular formula is C31H34BrN10OP. The second kappa shape index (κ2) is 11.6. The van der Waals surface area contributed by atoms with Gasteiger partial charge in [0.2, 0.25) is 5.95 Å². The number of rotatable bonds is 8. The Bertz CT molecular complexity index is 1860. The van der Waals surface area contributed by atoms with Crippen LogP contribution in [0.25, 0.3) is 22.2 Å². The average Bonchev–Trinajstić information content (AvgIpc) is 3.74. The number of nitrogens with zero attached hydrogens (tertiary/aromatic N) is 8. The first-order valence-electron chi connectivity index (χ1n) is 14.4. The monoisotopic (exact) mass is 672 g/mol. The van der Waals surface area contributed by atoms with Gasteiger partial charge >= 0.3 is 0 Å². The third-order valence-electron chi connectivity index (χ3n) is 8.46. The first-order chi connectivity index (χ1) is 21.3. The maximum absolute atomic E-state index is 5.94. The molecule has 0 spiro atoms. The van der Waals surface area contributed by atoms with Crippen molar-refractivity contribution in [3.63, 3.8) is 0 Å². The minimum atomic E-state index is -0.481. The lowest BCUT2D eigenvalue weighted by atomic mass is 10.0. The molecule has 2 fully saturated rings. The van der Waals surface area contributed by atoms with Gasteiger partial charge in [0.05, 0.1) is 34.5 Å². The molecule has 2 saturated heterocycles. The third-order valence-corrected chi connectivity index (χ3v) is 10.4. The molecule has 5 heterocycles. The van der Waals surface area contributed by atoms with Crippen LogP contribution in [0.4, 0.5) is 28.8 Å². The third kappa shape index (κ3) is 5.25. The first-order valence-corrected chi connectivity index (χ1v) is 17.5. The Morgan fingerprint density at radius 2 is 1.82 bits per heavy atom. The summed E-state index contributed by atoms with van der Waals surface area (Å²) < 4.78 is 8.52. The van der Waals surface area contributed by atoms with Crippen LogP contribution in [-0.2, 0) is 7.05 Å². The summed E-state index contributed by atoms with van der Waals surface area (Å²) in [6.45, 7) is 6.49. The quantitative estimate of drug-likeness (QED) is 0.210. The van der Waals surface area contributed by atoms with E-state index in [2.05, 4.69) is 95.1 Å². The van der Waals surface area contributed by atoms with Crippen LogP contribution in [0.5, 0.6) is 5.75 Å². The highest BCUT2D eigenvalue weighted by molar-refractivity contribution is 9.10. The largest absolute Gasteiger partial charge is 0.494 e. The van der Waals surface area contributed by atoms with Gasteiger partial charge in [-0.05, 0) is 60.9 Å². The molecule has 2 N–H and O–H groups in total. The number of piperazine rings is 1. The minimum absolute atomic E-state index is 0.443. The topological polar surface area (TPSA) is 109 Å². The lowest BCUT2D eigenvalue weighted by Gasteiger charge is -2.35. The molecule has 2 bridgehead atoms. The molecule has 2 aliphatic rings. The number of hydrogen-bond acceptors (Lipinski definition) is 10. The number of benzene rings is 2. The van der Waals surface area contributed by atoms with Gasteiger partial charge in [-0.25, -0.2) is 4.98 Å². The summed E-state index contributed by atoms with van der Waals surface area (Å²) in [5.74, 6) is 1.81. The SMILES string of the molecule is COc1cc(N2CC3CC2CN3C)c(-c2cnn(C)c2)cc1Nc1ncc(Br)c(Nc2ccc3nccnc3c2P(C)C)n1. The Hall–Kier alpha value is -3.86. The molecule has 2 unspecified atom stereocenters. The maximum Gasteiger partial charge on any atom is 0.229 e. The smallest absolute Gasteiger partial charge is 0.229 e. The summed E-state index contributed by atoms with van der Waals surface area (Å²) in [5.41, 5.74) is 6.80. The number of methoxy groups -OCH3 is 1. The zero-order valence-corrected chi connectivity index (χ0v) is 27.8. The molecule has 11 nitrogen and oxygen atoms in total. The van der Waals surface area contributed by atoms with Gasteiger partial charge in [0.1, 0.15) is 11.6 Å². The number of likely N-dealkylation sites (tertiary alicyclic amines) is 1. The van der Waals surface area contributed by atoms with E-state index >= 15 is 0 Å². The van der Waals surface area contributed by atoms with Crippen LogP contribution in [0, 0.1) is 0 Å². The second-order valence-electron chi connectivity index (χ2n) is 11.5. The number of aryl methyl sites for hydroxylation is 1. The molecule has 44 heavy (non-hydrogen) atoms. The van der Waals surface area contributed by atoms with E-state index in [0.717, 1.165) is 67.8 Å². The highest BCUT2D eigenvalue weighted by Crippen LogP contribution is 2.44. The van der Waals surface area contributed by atoms with Crippen LogP contribution in [0.1, 0.15) is 6.42 Å². The van der Waals surface area contributed by atoms with E-state index in [1.165, 1.54) is 6.42 Å². The molecule has 2 aromatic carbocycles. The van der Waals surface area contributed by atoms with Gasteiger partial charge in [-0.15, -0.1) is 0 Å². The summed E-state index contributed by atoms with van der Waals surface area (Å²) in [5, 5.41) is 12.6. The molecule has 0 saturated carbocycles. The summed E-state index contributed by atoms with van der Waals surface area (Å²) in [7, 11) is 5.38. The molecule has 0 aliphatic carbocycles. The fraction of sp³-hybridized carbons (Fsp3) is 0.323. The van der Waals surface area contributed by atoms with Gasteiger partial charge in [0.25, 0.3) is 0 Å². The molecule has 2 aliphatic heterocycles. The van der Waals surface area contributed by atoms with Crippen molar-refractivity contribution in [2.45, 2.75) is 18.5 Å². The number of anilines is 5. The van der Waals surface area contributed by atoms with E-state index in [9.17, 15) is 0 Å². The Balaban J connectivity index is 1.25. The predicted octanol–water partition coefficient (Wildman–Crippen LogP) is 5.34. The summed E-state index contributed by atoms with van der Waals surface area (Å²) in [4.78, 5) is 23.6. The van der Waals surface area contributed by atoms with Crippen LogP contribution in [-0.4, -0.2) is 87.3 Å². The fourth-order valence-corrected chi connectivity index (χ4v) is 7.86. The van der Waals surface area contributed by atoms with E-state index < -0.39 is 7.92 Å². The van der Waals surface area contributed by atoms with Crippen molar-refractivity contribution in [1.29, 1.82) is 0 Å². The van der Waals surface area contributed by atoms with Crippen molar-refractivity contribution in [2.24, 2.45) is 7.05 Å². The lowest BCUT2D eigenvalue weighted by molar-refractivity contribution is 0.292. The van der Waals surface area contributed by atoms with Crippen molar-refractivity contribution < 1.29 is 4.74 Å². The van der Waals surface area contributed by atoms with E-state index in [1.807, 2.05) is 30.1 Å². The summed E-state index contributed by atoms with van der Waals surface area (Å²) >= 11 is 3.64. The van der Waals surface area contributed by atoms with Gasteiger partial charge < -0.3 is 20.3 Å².